The van der Waals surface area contributed by atoms with Crippen LogP contribution in [0.25, 0.3) is 0 Å². The highest BCUT2D eigenvalue weighted by Gasteiger charge is 2.43. The summed E-state index contributed by atoms with van der Waals surface area (Å²) in [6, 6.07) is 8.96. The van der Waals surface area contributed by atoms with Crippen molar-refractivity contribution >= 4 is 0 Å². The molecule has 0 amide bonds. The van der Waals surface area contributed by atoms with E-state index in [1.807, 2.05) is 0 Å². The molecule has 61 heavy (non-hydrogen) atoms. The van der Waals surface area contributed by atoms with Crippen molar-refractivity contribution in [2.75, 3.05) is 26.4 Å². The molecule has 4 rings (SSSR count). The maximum Gasteiger partial charge on any atom is 0.157 e. The van der Waals surface area contributed by atoms with Crippen LogP contribution in [-0.4, -0.2) is 49.2 Å². The summed E-state index contributed by atoms with van der Waals surface area (Å²) in [5, 5.41) is 23.8. The van der Waals surface area contributed by atoms with Crippen molar-refractivity contribution < 1.29 is 29.2 Å². The average Bonchev–Trinajstić information content (AvgIpc) is 3.04. The number of phenolic OH excluding ortho intramolecular Hbond substituents is 2. The topological polar surface area (TPSA) is 77.4 Å². The SMILES string of the molecule is CC(C)(C)CC(C)(C)c1cc(CCC2OCC3(CO2)COC(CCc2cc(C(C)(C)CC(C)(C)C)c(O)c(C(C)(C)CC(C)(C)C)c2)OC3)cc(C(C)(C)CC(C)(C)C)c1O. The average molecular weight is 849 g/mol. The van der Waals surface area contributed by atoms with Gasteiger partial charge in [-0.05, 0) is 93.0 Å². The van der Waals surface area contributed by atoms with Gasteiger partial charge in [0.15, 0.2) is 12.6 Å². The van der Waals surface area contributed by atoms with Gasteiger partial charge in [-0.1, -0.05) is 163 Å². The fourth-order valence-electron chi connectivity index (χ4n) is 11.8. The summed E-state index contributed by atoms with van der Waals surface area (Å²) in [6.45, 7) is 47.6. The van der Waals surface area contributed by atoms with Gasteiger partial charge < -0.3 is 29.2 Å². The normalized spacial score (nSPS) is 21.6. The van der Waals surface area contributed by atoms with Gasteiger partial charge >= 0.3 is 0 Å². The van der Waals surface area contributed by atoms with Crippen LogP contribution < -0.4 is 0 Å². The highest BCUT2D eigenvalue weighted by molar-refractivity contribution is 5.52. The first kappa shape index (κ1) is 51.5. The largest absolute Gasteiger partial charge is 0.507 e. The molecular formula is C55H92O6. The summed E-state index contributed by atoms with van der Waals surface area (Å²) in [4.78, 5) is 0. The minimum absolute atomic E-state index is 0.118. The standard InChI is InChI=1S/C55H92O6/c1-47(2,3)29-51(13,14)39-25-37(26-40(45(39)56)52(15,16)30-48(4,5)6)21-23-43-58-33-55(34-59-43)35-60-44(61-36-55)24-22-38-27-41(53(17,18)31-49(7,8)9)46(57)42(28-38)54(19,20)32-50(10,11)12/h25-28,43-44,56-57H,21-24,29-36H2,1-20H3. The van der Waals surface area contributed by atoms with Gasteiger partial charge in [0.25, 0.3) is 0 Å². The highest BCUT2D eigenvalue weighted by Crippen LogP contribution is 2.49. The van der Waals surface area contributed by atoms with Crippen molar-refractivity contribution in [1.82, 2.24) is 0 Å². The molecule has 2 heterocycles. The lowest BCUT2D eigenvalue weighted by atomic mass is 9.67. The third-order valence-electron chi connectivity index (χ3n) is 12.8. The van der Waals surface area contributed by atoms with E-state index in [9.17, 15) is 10.2 Å². The van der Waals surface area contributed by atoms with Crippen LogP contribution in [0.1, 0.15) is 210 Å². The molecule has 0 bridgehead atoms. The van der Waals surface area contributed by atoms with Crippen molar-refractivity contribution in [3.8, 4) is 11.5 Å². The zero-order valence-electron chi connectivity index (χ0n) is 43.0. The van der Waals surface area contributed by atoms with Crippen LogP contribution in [0, 0.1) is 27.1 Å². The molecule has 0 aromatic heterocycles. The molecule has 6 heteroatoms. The van der Waals surface area contributed by atoms with Crippen molar-refractivity contribution in [3.63, 3.8) is 0 Å². The van der Waals surface area contributed by atoms with Gasteiger partial charge in [0.05, 0.1) is 31.8 Å². The van der Waals surface area contributed by atoms with Gasteiger partial charge in [-0.2, -0.15) is 0 Å². The van der Waals surface area contributed by atoms with Crippen LogP contribution in [0.5, 0.6) is 11.5 Å². The molecule has 348 valence electrons. The summed E-state index contributed by atoms with van der Waals surface area (Å²) in [7, 11) is 0. The Hall–Kier alpha value is -2.12. The van der Waals surface area contributed by atoms with E-state index in [4.69, 9.17) is 18.9 Å². The van der Waals surface area contributed by atoms with E-state index in [0.717, 1.165) is 73.6 Å². The quantitative estimate of drug-likeness (QED) is 0.197. The Kier molecular flexibility index (Phi) is 15.2. The van der Waals surface area contributed by atoms with Crippen LogP contribution in [0.15, 0.2) is 24.3 Å². The molecule has 0 unspecified atom stereocenters. The summed E-state index contributed by atoms with van der Waals surface area (Å²) in [6.07, 6.45) is 6.29. The predicted octanol–water partition coefficient (Wildman–Crippen LogP) is 14.3. The molecule has 6 nitrogen and oxygen atoms in total. The highest BCUT2D eigenvalue weighted by atomic mass is 16.7. The van der Waals surface area contributed by atoms with E-state index in [-0.39, 0.29) is 61.3 Å². The van der Waals surface area contributed by atoms with Gasteiger partial charge in [-0.25, -0.2) is 0 Å². The zero-order chi connectivity index (χ0) is 46.4. The second-order valence-electron chi connectivity index (χ2n) is 27.2. The molecule has 0 saturated carbocycles. The Morgan fingerprint density at radius 2 is 0.623 bits per heavy atom. The fourth-order valence-corrected chi connectivity index (χ4v) is 11.8. The number of aryl methyl sites for hydroxylation is 2. The molecular weight excluding hydrogens is 757 g/mol. The van der Waals surface area contributed by atoms with Crippen molar-refractivity contribution in [2.24, 2.45) is 27.1 Å². The molecule has 1 spiro atoms. The van der Waals surface area contributed by atoms with E-state index in [0.29, 0.717) is 37.9 Å². The zero-order valence-corrected chi connectivity index (χ0v) is 43.0. The number of hydrogen-bond acceptors (Lipinski definition) is 6. The van der Waals surface area contributed by atoms with E-state index >= 15 is 0 Å². The first-order valence-corrected chi connectivity index (χ1v) is 23.6. The van der Waals surface area contributed by atoms with E-state index < -0.39 is 0 Å². The maximum atomic E-state index is 11.9. The minimum Gasteiger partial charge on any atom is -0.507 e. The number of hydrogen-bond donors (Lipinski definition) is 2. The second-order valence-corrected chi connectivity index (χ2v) is 27.2. The van der Waals surface area contributed by atoms with Gasteiger partial charge in [-0.3, -0.25) is 0 Å². The number of benzene rings is 2. The van der Waals surface area contributed by atoms with E-state index in [2.05, 4.69) is 163 Å². The number of rotatable bonds is 14. The van der Waals surface area contributed by atoms with Gasteiger partial charge in [0, 0.05) is 35.1 Å². The Morgan fingerprint density at radius 1 is 0.410 bits per heavy atom. The molecule has 2 aliphatic rings. The van der Waals surface area contributed by atoms with Crippen molar-refractivity contribution in [1.29, 1.82) is 0 Å². The maximum absolute atomic E-state index is 11.9. The molecule has 2 aromatic carbocycles. The van der Waals surface area contributed by atoms with Gasteiger partial charge in [-0.15, -0.1) is 0 Å². The third kappa shape index (κ3) is 14.4. The molecule has 0 aliphatic carbocycles. The Balaban J connectivity index is 1.43. The second kappa shape index (κ2) is 18.0. The minimum atomic E-state index is -0.327. The first-order chi connectivity index (χ1) is 27.4. The van der Waals surface area contributed by atoms with E-state index in [1.165, 1.54) is 11.1 Å². The van der Waals surface area contributed by atoms with Crippen molar-refractivity contribution in [2.45, 2.75) is 224 Å². The van der Waals surface area contributed by atoms with Crippen LogP contribution >= 0.6 is 0 Å². The Bertz CT molecular complexity index is 1530. The molecule has 2 saturated heterocycles. The molecule has 0 radical (unpaired) electrons. The van der Waals surface area contributed by atoms with Gasteiger partial charge in [0.2, 0.25) is 0 Å². The van der Waals surface area contributed by atoms with Crippen LogP contribution in [0.3, 0.4) is 0 Å². The summed E-state index contributed by atoms with van der Waals surface area (Å²) in [5.41, 5.74) is 5.92. The van der Waals surface area contributed by atoms with Gasteiger partial charge in [0.1, 0.15) is 11.5 Å². The van der Waals surface area contributed by atoms with Crippen molar-refractivity contribution in [3.05, 3.63) is 57.6 Å². The smallest absolute Gasteiger partial charge is 0.157 e. The van der Waals surface area contributed by atoms with Crippen LogP contribution in [0.4, 0.5) is 0 Å². The number of phenols is 2. The summed E-state index contributed by atoms with van der Waals surface area (Å²) in [5.74, 6) is 0.903. The van der Waals surface area contributed by atoms with E-state index in [1.54, 1.807) is 0 Å². The lowest BCUT2D eigenvalue weighted by Gasteiger charge is -2.44. The van der Waals surface area contributed by atoms with Crippen LogP contribution in [-0.2, 0) is 53.4 Å². The predicted molar refractivity (Wildman–Crippen MR) is 255 cm³/mol. The Morgan fingerprint density at radius 3 is 0.820 bits per heavy atom. The molecule has 0 atom stereocenters. The first-order valence-electron chi connectivity index (χ1n) is 23.6. The molecule has 2 aliphatic heterocycles. The van der Waals surface area contributed by atoms with Crippen LogP contribution in [0.2, 0.25) is 0 Å². The summed E-state index contributed by atoms with van der Waals surface area (Å²) < 4.78 is 25.7. The summed E-state index contributed by atoms with van der Waals surface area (Å²) >= 11 is 0. The molecule has 2 fully saturated rings. The number of aromatic hydroxyl groups is 2. The Labute approximate surface area is 374 Å². The fraction of sp³-hybridized carbons (Fsp3) is 0.782. The third-order valence-corrected chi connectivity index (χ3v) is 12.8. The molecule has 2 N–H and O–H groups in total. The lowest BCUT2D eigenvalue weighted by Crippen LogP contribution is -2.52. The number of ether oxygens (including phenoxy) is 4. The lowest BCUT2D eigenvalue weighted by molar-refractivity contribution is -0.303. The monoisotopic (exact) mass is 849 g/mol. The molecule has 2 aromatic rings.